The van der Waals surface area contributed by atoms with Gasteiger partial charge >= 0.3 is 0 Å². The van der Waals surface area contributed by atoms with Crippen molar-refractivity contribution in [3.63, 3.8) is 0 Å². The van der Waals surface area contributed by atoms with Gasteiger partial charge in [-0.3, -0.25) is 0 Å². The second-order valence-corrected chi connectivity index (χ2v) is 15.2. The van der Waals surface area contributed by atoms with Crippen LogP contribution < -0.4 is 4.90 Å². The fraction of sp³-hybridized carbons (Fsp3) is 0. The van der Waals surface area contributed by atoms with Gasteiger partial charge in [0.25, 0.3) is 0 Å². The van der Waals surface area contributed by atoms with Crippen LogP contribution in [0.25, 0.3) is 86.3 Å². The molecule has 0 unspecified atom stereocenters. The van der Waals surface area contributed by atoms with E-state index in [0.717, 1.165) is 55.5 Å². The molecule has 2 heterocycles. The molecule has 11 rings (SSSR count). The van der Waals surface area contributed by atoms with Crippen molar-refractivity contribution in [2.24, 2.45) is 0 Å². The molecule has 2 aromatic heterocycles. The van der Waals surface area contributed by atoms with Crippen LogP contribution in [0.15, 0.2) is 205 Å². The number of benzene rings is 9. The highest BCUT2D eigenvalue weighted by Gasteiger charge is 2.22. The highest BCUT2D eigenvalue weighted by Crippen LogP contribution is 2.47. The van der Waals surface area contributed by atoms with Crippen molar-refractivity contribution in [3.8, 4) is 33.4 Å². The number of thiophene rings is 1. The van der Waals surface area contributed by atoms with Gasteiger partial charge in [-0.15, -0.1) is 11.3 Å². The van der Waals surface area contributed by atoms with Crippen LogP contribution in [0.3, 0.4) is 0 Å². The molecule has 0 atom stereocenters. The number of rotatable bonds is 6. The minimum atomic E-state index is 0.865. The van der Waals surface area contributed by atoms with Crippen molar-refractivity contribution in [3.05, 3.63) is 200 Å². The third-order valence-corrected chi connectivity index (χ3v) is 12.0. The molecule has 0 amide bonds. The lowest BCUT2D eigenvalue weighted by atomic mass is 9.96. The average Bonchev–Trinajstić information content (AvgIpc) is 3.84. The number of hydrogen-bond donors (Lipinski definition) is 0. The molecule has 0 bridgehead atoms. The van der Waals surface area contributed by atoms with Crippen molar-refractivity contribution in [2.45, 2.75) is 0 Å². The van der Waals surface area contributed by atoms with Gasteiger partial charge in [0.1, 0.15) is 11.2 Å². The van der Waals surface area contributed by atoms with Crippen LogP contribution in [-0.2, 0) is 0 Å². The van der Waals surface area contributed by atoms with E-state index < -0.39 is 0 Å². The van der Waals surface area contributed by atoms with Crippen LogP contribution >= 0.6 is 11.3 Å². The first-order valence-corrected chi connectivity index (χ1v) is 19.5. The number of furan rings is 1. The van der Waals surface area contributed by atoms with Gasteiger partial charge in [-0.2, -0.15) is 0 Å². The Morgan fingerprint density at radius 1 is 0.382 bits per heavy atom. The molecule has 0 saturated carbocycles. The molecule has 0 aliphatic rings. The van der Waals surface area contributed by atoms with E-state index in [-0.39, 0.29) is 0 Å². The second kappa shape index (κ2) is 12.9. The molecule has 258 valence electrons. The standard InChI is InChI=1S/C52H33NOS/c1-3-13-34(14-4-1)38-31-39(35-15-5-2-6-16-35)33-41(32-38)53(46-21-12-22-47-51(46)45-30-27-36-17-7-8-18-43(36)52(45)54-47)40-28-25-37(26-29-40)42-20-11-24-49-50(42)44-19-9-10-23-48(44)55-49/h1-33H. The Hall–Kier alpha value is -6.94. The molecule has 0 N–H and O–H groups in total. The molecule has 55 heavy (non-hydrogen) atoms. The van der Waals surface area contributed by atoms with Crippen molar-refractivity contribution in [1.29, 1.82) is 0 Å². The van der Waals surface area contributed by atoms with Gasteiger partial charge in [-0.1, -0.05) is 140 Å². The molecule has 11 aromatic rings. The van der Waals surface area contributed by atoms with Crippen molar-refractivity contribution in [2.75, 3.05) is 4.90 Å². The molecule has 0 fully saturated rings. The summed E-state index contributed by atoms with van der Waals surface area (Å²) >= 11 is 1.86. The lowest BCUT2D eigenvalue weighted by Crippen LogP contribution is -2.11. The minimum Gasteiger partial charge on any atom is -0.455 e. The van der Waals surface area contributed by atoms with Crippen molar-refractivity contribution >= 4 is 81.3 Å². The van der Waals surface area contributed by atoms with E-state index >= 15 is 0 Å². The Bertz CT molecular complexity index is 3140. The Balaban J connectivity index is 1.16. The van der Waals surface area contributed by atoms with E-state index in [1.807, 2.05) is 11.3 Å². The first kappa shape index (κ1) is 31.6. The van der Waals surface area contributed by atoms with Gasteiger partial charge in [0, 0.05) is 42.3 Å². The molecule has 0 aliphatic carbocycles. The fourth-order valence-electron chi connectivity index (χ4n) is 8.29. The zero-order valence-corrected chi connectivity index (χ0v) is 30.6. The topological polar surface area (TPSA) is 16.4 Å². The number of anilines is 3. The van der Waals surface area contributed by atoms with Crippen LogP contribution in [0.5, 0.6) is 0 Å². The quantitative estimate of drug-likeness (QED) is 0.170. The van der Waals surface area contributed by atoms with E-state index in [2.05, 4.69) is 205 Å². The molecule has 0 saturated heterocycles. The highest BCUT2D eigenvalue weighted by atomic mass is 32.1. The maximum absolute atomic E-state index is 6.73. The molecule has 2 nitrogen and oxygen atoms in total. The van der Waals surface area contributed by atoms with E-state index in [0.29, 0.717) is 0 Å². The zero-order chi connectivity index (χ0) is 36.3. The summed E-state index contributed by atoms with van der Waals surface area (Å²) in [6, 6.07) is 72.2. The normalized spacial score (nSPS) is 11.6. The van der Waals surface area contributed by atoms with Crippen LogP contribution in [0.1, 0.15) is 0 Å². The lowest BCUT2D eigenvalue weighted by Gasteiger charge is -2.28. The Morgan fingerprint density at radius 2 is 1.04 bits per heavy atom. The Labute approximate surface area is 322 Å². The molecular formula is C52H33NOS. The van der Waals surface area contributed by atoms with Crippen LogP contribution in [-0.4, -0.2) is 0 Å². The largest absolute Gasteiger partial charge is 0.455 e. The zero-order valence-electron chi connectivity index (χ0n) is 29.8. The summed E-state index contributed by atoms with van der Waals surface area (Å²) in [5.74, 6) is 0. The monoisotopic (exact) mass is 719 g/mol. The van der Waals surface area contributed by atoms with E-state index in [1.165, 1.54) is 47.8 Å². The Kier molecular flexibility index (Phi) is 7.39. The third kappa shape index (κ3) is 5.32. The summed E-state index contributed by atoms with van der Waals surface area (Å²) in [5.41, 5.74) is 12.1. The summed E-state index contributed by atoms with van der Waals surface area (Å²) in [4.78, 5) is 2.41. The van der Waals surface area contributed by atoms with Crippen molar-refractivity contribution < 1.29 is 4.42 Å². The summed E-state index contributed by atoms with van der Waals surface area (Å²) in [6.45, 7) is 0. The predicted octanol–water partition coefficient (Wildman–Crippen LogP) is 15.6. The summed E-state index contributed by atoms with van der Waals surface area (Å²) in [6.07, 6.45) is 0. The Morgan fingerprint density at radius 3 is 1.80 bits per heavy atom. The number of nitrogens with zero attached hydrogens (tertiary/aromatic N) is 1. The molecule has 0 aliphatic heterocycles. The van der Waals surface area contributed by atoms with Crippen LogP contribution in [0.2, 0.25) is 0 Å². The van der Waals surface area contributed by atoms with Gasteiger partial charge in [-0.05, 0) is 99.4 Å². The van der Waals surface area contributed by atoms with Gasteiger partial charge in [0.2, 0.25) is 0 Å². The van der Waals surface area contributed by atoms with E-state index in [9.17, 15) is 0 Å². The molecule has 3 heteroatoms. The highest BCUT2D eigenvalue weighted by molar-refractivity contribution is 7.25. The third-order valence-electron chi connectivity index (χ3n) is 10.8. The lowest BCUT2D eigenvalue weighted by molar-refractivity contribution is 0.672. The molecular weight excluding hydrogens is 687 g/mol. The summed E-state index contributed by atoms with van der Waals surface area (Å²) < 4.78 is 9.35. The maximum Gasteiger partial charge on any atom is 0.143 e. The average molecular weight is 720 g/mol. The summed E-state index contributed by atoms with van der Waals surface area (Å²) in [5, 5.41) is 7.10. The number of fused-ring (bicyclic) bond motifs is 8. The maximum atomic E-state index is 6.73. The van der Waals surface area contributed by atoms with Gasteiger partial charge in [0.05, 0.1) is 11.1 Å². The van der Waals surface area contributed by atoms with Crippen molar-refractivity contribution in [1.82, 2.24) is 0 Å². The van der Waals surface area contributed by atoms with Gasteiger partial charge in [-0.25, -0.2) is 0 Å². The first-order valence-electron chi connectivity index (χ1n) is 18.7. The SMILES string of the molecule is c1ccc(-c2cc(-c3ccccc3)cc(N(c3ccc(-c4cccc5sc6ccccc6c45)cc3)c3cccc4oc5c6ccccc6ccc5c34)c2)cc1. The summed E-state index contributed by atoms with van der Waals surface area (Å²) in [7, 11) is 0. The molecule has 9 aromatic carbocycles. The van der Waals surface area contributed by atoms with Crippen LogP contribution in [0.4, 0.5) is 17.1 Å². The van der Waals surface area contributed by atoms with E-state index in [4.69, 9.17) is 4.42 Å². The fourth-order valence-corrected chi connectivity index (χ4v) is 9.42. The minimum absolute atomic E-state index is 0.865. The predicted molar refractivity (Wildman–Crippen MR) is 235 cm³/mol. The van der Waals surface area contributed by atoms with Gasteiger partial charge < -0.3 is 9.32 Å². The number of hydrogen-bond acceptors (Lipinski definition) is 3. The second-order valence-electron chi connectivity index (χ2n) is 14.1. The van der Waals surface area contributed by atoms with Gasteiger partial charge in [0.15, 0.2) is 0 Å². The van der Waals surface area contributed by atoms with Crippen LogP contribution in [0, 0.1) is 0 Å². The van der Waals surface area contributed by atoms with E-state index in [1.54, 1.807) is 0 Å². The molecule has 0 spiro atoms. The smallest absolute Gasteiger partial charge is 0.143 e. The molecule has 0 radical (unpaired) electrons. The first-order chi connectivity index (χ1) is 27.3.